The van der Waals surface area contributed by atoms with Crippen molar-refractivity contribution in [3.05, 3.63) is 40.0 Å². The third-order valence-electron chi connectivity index (χ3n) is 2.26. The van der Waals surface area contributed by atoms with Gasteiger partial charge in [0, 0.05) is 6.07 Å². The van der Waals surface area contributed by atoms with Gasteiger partial charge in [0.25, 0.3) is 5.69 Å². The standard InChI is InChI=1S/C11H11NO3/c1-11(2)7-6-8-9(12(13)14)4-3-5-10(8)15-11/h3-7H,1-2H3. The van der Waals surface area contributed by atoms with Gasteiger partial charge in [0.05, 0.1) is 10.5 Å². The zero-order valence-corrected chi connectivity index (χ0v) is 8.56. The van der Waals surface area contributed by atoms with Crippen molar-refractivity contribution in [2.24, 2.45) is 0 Å². The second-order valence-electron chi connectivity index (χ2n) is 3.98. The fourth-order valence-corrected chi connectivity index (χ4v) is 1.55. The predicted molar refractivity (Wildman–Crippen MR) is 56.8 cm³/mol. The average Bonchev–Trinajstić information content (AvgIpc) is 2.14. The number of fused-ring (bicyclic) bond motifs is 1. The van der Waals surface area contributed by atoms with Gasteiger partial charge in [-0.3, -0.25) is 10.1 Å². The van der Waals surface area contributed by atoms with E-state index in [-0.39, 0.29) is 5.69 Å². The lowest BCUT2D eigenvalue weighted by molar-refractivity contribution is -0.385. The third kappa shape index (κ3) is 1.70. The number of hydrogen-bond donors (Lipinski definition) is 0. The highest BCUT2D eigenvalue weighted by Crippen LogP contribution is 2.36. The van der Waals surface area contributed by atoms with Crippen LogP contribution in [0.4, 0.5) is 5.69 Å². The molecule has 0 bridgehead atoms. The fourth-order valence-electron chi connectivity index (χ4n) is 1.55. The quantitative estimate of drug-likeness (QED) is 0.523. The van der Waals surface area contributed by atoms with Crippen LogP contribution in [0.25, 0.3) is 6.08 Å². The maximum Gasteiger partial charge on any atom is 0.280 e. The van der Waals surface area contributed by atoms with Crippen LogP contribution in [0.1, 0.15) is 19.4 Å². The van der Waals surface area contributed by atoms with E-state index in [9.17, 15) is 10.1 Å². The Bertz CT molecular complexity index is 449. The summed E-state index contributed by atoms with van der Waals surface area (Å²) in [6.45, 7) is 3.82. The van der Waals surface area contributed by atoms with E-state index in [0.29, 0.717) is 11.3 Å². The first-order chi connectivity index (χ1) is 6.99. The molecule has 4 nitrogen and oxygen atoms in total. The molecule has 0 saturated heterocycles. The third-order valence-corrected chi connectivity index (χ3v) is 2.26. The highest BCUT2D eigenvalue weighted by atomic mass is 16.6. The largest absolute Gasteiger partial charge is 0.483 e. The van der Waals surface area contributed by atoms with Gasteiger partial charge in [-0.2, -0.15) is 0 Å². The molecule has 0 N–H and O–H groups in total. The van der Waals surface area contributed by atoms with Gasteiger partial charge in [-0.25, -0.2) is 0 Å². The molecule has 1 aromatic rings. The molecule has 4 heteroatoms. The zero-order valence-electron chi connectivity index (χ0n) is 8.56. The second-order valence-corrected chi connectivity index (χ2v) is 3.98. The number of rotatable bonds is 1. The van der Waals surface area contributed by atoms with Crippen molar-refractivity contribution >= 4 is 11.8 Å². The van der Waals surface area contributed by atoms with Crippen molar-refractivity contribution in [3.8, 4) is 5.75 Å². The van der Waals surface area contributed by atoms with Gasteiger partial charge in [-0.05, 0) is 32.1 Å². The molecule has 1 heterocycles. The Kier molecular flexibility index (Phi) is 2.00. The molecule has 0 amide bonds. The monoisotopic (exact) mass is 205 g/mol. The minimum Gasteiger partial charge on any atom is -0.483 e. The SMILES string of the molecule is CC1(C)C=Cc2c(cccc2[N+](=O)[O-])O1. The summed E-state index contributed by atoms with van der Waals surface area (Å²) in [6.07, 6.45) is 3.57. The summed E-state index contributed by atoms with van der Waals surface area (Å²) < 4.78 is 5.62. The molecule has 1 aliphatic heterocycles. The molecule has 0 atom stereocenters. The van der Waals surface area contributed by atoms with Crippen molar-refractivity contribution in [2.45, 2.75) is 19.4 Å². The molecular formula is C11H11NO3. The number of benzene rings is 1. The molecule has 2 rings (SSSR count). The van der Waals surface area contributed by atoms with Crippen LogP contribution in [-0.4, -0.2) is 10.5 Å². The van der Waals surface area contributed by atoms with Crippen molar-refractivity contribution < 1.29 is 9.66 Å². The Morgan fingerprint density at radius 2 is 2.13 bits per heavy atom. The van der Waals surface area contributed by atoms with Gasteiger partial charge in [0.15, 0.2) is 0 Å². The van der Waals surface area contributed by atoms with Crippen LogP contribution in [0.2, 0.25) is 0 Å². The molecule has 0 fully saturated rings. The average molecular weight is 205 g/mol. The molecule has 0 aliphatic carbocycles. The summed E-state index contributed by atoms with van der Waals surface area (Å²) in [5, 5.41) is 10.8. The number of hydrogen-bond acceptors (Lipinski definition) is 3. The summed E-state index contributed by atoms with van der Waals surface area (Å²) in [4.78, 5) is 10.4. The van der Waals surface area contributed by atoms with Gasteiger partial charge in [0.1, 0.15) is 11.4 Å². The van der Waals surface area contributed by atoms with E-state index >= 15 is 0 Å². The maximum absolute atomic E-state index is 10.8. The summed E-state index contributed by atoms with van der Waals surface area (Å²) in [7, 11) is 0. The summed E-state index contributed by atoms with van der Waals surface area (Å²) in [5.74, 6) is 0.566. The molecular weight excluding hydrogens is 194 g/mol. The summed E-state index contributed by atoms with van der Waals surface area (Å²) >= 11 is 0. The van der Waals surface area contributed by atoms with Crippen LogP contribution in [0, 0.1) is 10.1 Å². The van der Waals surface area contributed by atoms with E-state index in [2.05, 4.69) is 0 Å². The smallest absolute Gasteiger partial charge is 0.280 e. The summed E-state index contributed by atoms with van der Waals surface area (Å²) in [6, 6.07) is 4.85. The van der Waals surface area contributed by atoms with E-state index in [1.807, 2.05) is 19.9 Å². The van der Waals surface area contributed by atoms with E-state index in [1.165, 1.54) is 6.07 Å². The fraction of sp³-hybridized carbons (Fsp3) is 0.273. The minimum absolute atomic E-state index is 0.0826. The van der Waals surface area contributed by atoms with Crippen molar-refractivity contribution in [3.63, 3.8) is 0 Å². The molecule has 0 radical (unpaired) electrons. The van der Waals surface area contributed by atoms with E-state index < -0.39 is 10.5 Å². The molecule has 78 valence electrons. The van der Waals surface area contributed by atoms with Crippen molar-refractivity contribution in [1.82, 2.24) is 0 Å². The van der Waals surface area contributed by atoms with Crippen LogP contribution >= 0.6 is 0 Å². The Morgan fingerprint density at radius 1 is 1.40 bits per heavy atom. The van der Waals surface area contributed by atoms with Gasteiger partial charge in [-0.1, -0.05) is 6.07 Å². The number of nitrogens with zero attached hydrogens (tertiary/aromatic N) is 1. The Hall–Kier alpha value is -1.84. The number of nitro benzene ring substituents is 1. The van der Waals surface area contributed by atoms with Crippen LogP contribution in [0.15, 0.2) is 24.3 Å². The summed E-state index contributed by atoms with van der Waals surface area (Å²) in [5.41, 5.74) is 0.225. The van der Waals surface area contributed by atoms with Gasteiger partial charge in [0.2, 0.25) is 0 Å². The van der Waals surface area contributed by atoms with Crippen LogP contribution in [0.3, 0.4) is 0 Å². The minimum atomic E-state index is -0.401. The van der Waals surface area contributed by atoms with E-state index in [4.69, 9.17) is 4.74 Å². The topological polar surface area (TPSA) is 52.4 Å². The van der Waals surface area contributed by atoms with Gasteiger partial charge >= 0.3 is 0 Å². The molecule has 0 spiro atoms. The van der Waals surface area contributed by atoms with Gasteiger partial charge < -0.3 is 4.74 Å². The lowest BCUT2D eigenvalue weighted by Crippen LogP contribution is -2.27. The molecule has 0 aromatic heterocycles. The molecule has 0 saturated carbocycles. The van der Waals surface area contributed by atoms with Crippen molar-refractivity contribution in [1.29, 1.82) is 0 Å². The highest BCUT2D eigenvalue weighted by Gasteiger charge is 2.26. The Labute approximate surface area is 87.3 Å². The normalized spacial score (nSPS) is 16.7. The first-order valence-corrected chi connectivity index (χ1v) is 4.65. The molecule has 0 unspecified atom stereocenters. The number of ether oxygens (including phenoxy) is 1. The maximum atomic E-state index is 10.8. The lowest BCUT2D eigenvalue weighted by Gasteiger charge is -2.27. The van der Waals surface area contributed by atoms with E-state index in [0.717, 1.165) is 0 Å². The molecule has 1 aliphatic rings. The highest BCUT2D eigenvalue weighted by molar-refractivity contribution is 5.69. The lowest BCUT2D eigenvalue weighted by atomic mass is 10.0. The van der Waals surface area contributed by atoms with Crippen LogP contribution in [0.5, 0.6) is 5.75 Å². The van der Waals surface area contributed by atoms with Crippen molar-refractivity contribution in [2.75, 3.05) is 0 Å². The first kappa shape index (κ1) is 9.71. The van der Waals surface area contributed by atoms with E-state index in [1.54, 1.807) is 18.2 Å². The second kappa shape index (κ2) is 3.08. The van der Waals surface area contributed by atoms with Crippen LogP contribution in [-0.2, 0) is 0 Å². The zero-order chi connectivity index (χ0) is 11.1. The van der Waals surface area contributed by atoms with Crippen LogP contribution < -0.4 is 4.74 Å². The molecule has 15 heavy (non-hydrogen) atoms. The molecule has 1 aromatic carbocycles. The number of nitro groups is 1. The Balaban J connectivity index is 2.56. The predicted octanol–water partition coefficient (Wildman–Crippen LogP) is 2.78. The Morgan fingerprint density at radius 3 is 2.80 bits per heavy atom. The van der Waals surface area contributed by atoms with Gasteiger partial charge in [-0.15, -0.1) is 0 Å². The first-order valence-electron chi connectivity index (χ1n) is 4.65.